The third-order valence-electron chi connectivity index (χ3n) is 3.51. The number of nitrogens with one attached hydrogen (secondary N) is 1. The molecule has 0 radical (unpaired) electrons. The topological polar surface area (TPSA) is 49.3 Å². The van der Waals surface area contributed by atoms with E-state index in [1.54, 1.807) is 0 Å². The van der Waals surface area contributed by atoms with Crippen molar-refractivity contribution >= 4 is 27.3 Å². The molecule has 0 bridgehead atoms. The molecular formula is C15H19NO2S. The van der Waals surface area contributed by atoms with Crippen molar-refractivity contribution in [2.75, 3.05) is 6.61 Å². The molecule has 0 saturated heterocycles. The van der Waals surface area contributed by atoms with E-state index >= 15 is 0 Å². The van der Waals surface area contributed by atoms with Crippen LogP contribution in [0.25, 0.3) is 10.1 Å². The van der Waals surface area contributed by atoms with Gasteiger partial charge in [0.1, 0.15) is 0 Å². The molecule has 0 aliphatic heterocycles. The zero-order chi connectivity index (χ0) is 13.9. The van der Waals surface area contributed by atoms with Crippen LogP contribution in [-0.2, 0) is 0 Å². The number of hydrogen-bond donors (Lipinski definition) is 2. The molecule has 1 heterocycles. The summed E-state index contributed by atoms with van der Waals surface area (Å²) in [5.41, 5.74) is -0.345. The SMILES string of the molecule is CCC(C)(CCO)NC(=O)c1cc2ccccc2s1. The van der Waals surface area contributed by atoms with Crippen molar-refractivity contribution in [2.45, 2.75) is 32.2 Å². The first-order valence-electron chi connectivity index (χ1n) is 6.50. The second-order valence-corrected chi connectivity index (χ2v) is 6.07. The number of carbonyl (C=O) groups excluding carboxylic acids is 1. The first-order valence-corrected chi connectivity index (χ1v) is 7.31. The summed E-state index contributed by atoms with van der Waals surface area (Å²) in [4.78, 5) is 13.0. The van der Waals surface area contributed by atoms with E-state index in [-0.39, 0.29) is 18.1 Å². The van der Waals surface area contributed by atoms with Gasteiger partial charge in [-0.1, -0.05) is 25.1 Å². The lowest BCUT2D eigenvalue weighted by atomic mass is 9.95. The fourth-order valence-corrected chi connectivity index (χ4v) is 2.96. The van der Waals surface area contributed by atoms with Crippen molar-refractivity contribution in [3.8, 4) is 0 Å². The number of fused-ring (bicyclic) bond motifs is 1. The molecular weight excluding hydrogens is 258 g/mol. The maximum atomic E-state index is 12.3. The summed E-state index contributed by atoms with van der Waals surface area (Å²) >= 11 is 1.50. The summed E-state index contributed by atoms with van der Waals surface area (Å²) in [7, 11) is 0. The zero-order valence-electron chi connectivity index (χ0n) is 11.3. The number of aliphatic hydroxyl groups is 1. The van der Waals surface area contributed by atoms with Crippen LogP contribution in [0.4, 0.5) is 0 Å². The Morgan fingerprint density at radius 1 is 1.42 bits per heavy atom. The van der Waals surface area contributed by atoms with Gasteiger partial charge in [0, 0.05) is 16.8 Å². The molecule has 2 aromatic rings. The summed E-state index contributed by atoms with van der Waals surface area (Å²) in [5.74, 6) is -0.0565. The molecule has 1 aromatic heterocycles. The molecule has 3 nitrogen and oxygen atoms in total. The molecule has 0 spiro atoms. The number of thiophene rings is 1. The highest BCUT2D eigenvalue weighted by Gasteiger charge is 2.24. The Morgan fingerprint density at radius 2 is 2.16 bits per heavy atom. The van der Waals surface area contributed by atoms with Gasteiger partial charge in [-0.25, -0.2) is 0 Å². The molecule has 2 rings (SSSR count). The van der Waals surface area contributed by atoms with Crippen LogP contribution in [-0.4, -0.2) is 23.2 Å². The number of carbonyl (C=O) groups is 1. The van der Waals surface area contributed by atoms with Crippen molar-refractivity contribution in [1.29, 1.82) is 0 Å². The Balaban J connectivity index is 2.19. The summed E-state index contributed by atoms with van der Waals surface area (Å²) in [6.45, 7) is 4.06. The number of benzene rings is 1. The molecule has 0 aliphatic rings. The molecule has 2 N–H and O–H groups in total. The standard InChI is InChI=1S/C15H19NO2S/c1-3-15(2,8-9-17)16-14(18)13-10-11-6-4-5-7-12(11)19-13/h4-7,10,17H,3,8-9H2,1-2H3,(H,16,18). The van der Waals surface area contributed by atoms with Crippen LogP contribution < -0.4 is 5.32 Å². The van der Waals surface area contributed by atoms with Crippen LogP contribution in [0.1, 0.15) is 36.4 Å². The minimum atomic E-state index is -0.345. The molecule has 1 amide bonds. The fraction of sp³-hybridized carbons (Fsp3) is 0.400. The smallest absolute Gasteiger partial charge is 0.261 e. The first-order chi connectivity index (χ1) is 9.08. The van der Waals surface area contributed by atoms with E-state index in [0.29, 0.717) is 6.42 Å². The number of hydrogen-bond acceptors (Lipinski definition) is 3. The molecule has 1 atom stereocenters. The van der Waals surface area contributed by atoms with Crippen LogP contribution in [0.2, 0.25) is 0 Å². The highest BCUT2D eigenvalue weighted by atomic mass is 32.1. The van der Waals surface area contributed by atoms with Gasteiger partial charge in [-0.15, -0.1) is 11.3 Å². The second-order valence-electron chi connectivity index (χ2n) is 4.99. The Kier molecular flexibility index (Phi) is 4.22. The maximum absolute atomic E-state index is 12.3. The molecule has 102 valence electrons. The van der Waals surface area contributed by atoms with Gasteiger partial charge in [0.2, 0.25) is 0 Å². The largest absolute Gasteiger partial charge is 0.396 e. The van der Waals surface area contributed by atoms with E-state index in [4.69, 9.17) is 5.11 Å². The molecule has 19 heavy (non-hydrogen) atoms. The summed E-state index contributed by atoms with van der Waals surface area (Å²) in [6, 6.07) is 9.89. The van der Waals surface area contributed by atoms with Gasteiger partial charge in [0.15, 0.2) is 0 Å². The number of rotatable bonds is 5. The van der Waals surface area contributed by atoms with E-state index in [2.05, 4.69) is 5.32 Å². The van der Waals surface area contributed by atoms with Gasteiger partial charge in [-0.2, -0.15) is 0 Å². The second kappa shape index (κ2) is 5.72. The van der Waals surface area contributed by atoms with Crippen LogP contribution in [0.5, 0.6) is 0 Å². The van der Waals surface area contributed by atoms with Gasteiger partial charge < -0.3 is 10.4 Å². The van der Waals surface area contributed by atoms with Crippen LogP contribution in [0.3, 0.4) is 0 Å². The molecule has 0 saturated carbocycles. The molecule has 4 heteroatoms. The highest BCUT2D eigenvalue weighted by molar-refractivity contribution is 7.20. The zero-order valence-corrected chi connectivity index (χ0v) is 12.1. The number of aliphatic hydroxyl groups excluding tert-OH is 1. The summed E-state index contributed by atoms with van der Waals surface area (Å²) < 4.78 is 1.12. The minimum absolute atomic E-state index is 0.0565. The lowest BCUT2D eigenvalue weighted by Crippen LogP contribution is -2.45. The lowest BCUT2D eigenvalue weighted by molar-refractivity contribution is 0.0890. The highest BCUT2D eigenvalue weighted by Crippen LogP contribution is 2.26. The Labute approximate surface area is 117 Å². The molecule has 0 fully saturated rings. The van der Waals surface area contributed by atoms with Crippen molar-refractivity contribution in [2.24, 2.45) is 0 Å². The lowest BCUT2D eigenvalue weighted by Gasteiger charge is -2.28. The third kappa shape index (κ3) is 3.14. The average Bonchev–Trinajstić information content (AvgIpc) is 2.83. The fourth-order valence-electron chi connectivity index (χ4n) is 2.00. The Morgan fingerprint density at radius 3 is 2.79 bits per heavy atom. The van der Waals surface area contributed by atoms with Gasteiger partial charge >= 0.3 is 0 Å². The Hall–Kier alpha value is -1.39. The van der Waals surface area contributed by atoms with Gasteiger partial charge in [-0.3, -0.25) is 4.79 Å². The Bertz CT molecular complexity index is 545. The van der Waals surface area contributed by atoms with Crippen molar-refractivity contribution in [3.63, 3.8) is 0 Å². The van der Waals surface area contributed by atoms with E-state index in [9.17, 15) is 4.79 Å². The summed E-state index contributed by atoms with van der Waals surface area (Å²) in [6.07, 6.45) is 1.37. The van der Waals surface area contributed by atoms with Gasteiger partial charge in [0.25, 0.3) is 5.91 Å². The molecule has 1 unspecified atom stereocenters. The van der Waals surface area contributed by atoms with E-state index in [1.807, 2.05) is 44.2 Å². The normalized spacial score (nSPS) is 14.3. The monoisotopic (exact) mass is 277 g/mol. The van der Waals surface area contributed by atoms with Crippen LogP contribution in [0.15, 0.2) is 30.3 Å². The van der Waals surface area contributed by atoms with Crippen LogP contribution >= 0.6 is 11.3 Å². The molecule has 1 aromatic carbocycles. The average molecular weight is 277 g/mol. The van der Waals surface area contributed by atoms with E-state index in [1.165, 1.54) is 11.3 Å². The van der Waals surface area contributed by atoms with Gasteiger partial charge in [0.05, 0.1) is 4.88 Å². The molecule has 0 aliphatic carbocycles. The van der Waals surface area contributed by atoms with E-state index < -0.39 is 0 Å². The minimum Gasteiger partial charge on any atom is -0.396 e. The van der Waals surface area contributed by atoms with Crippen LogP contribution in [0, 0.1) is 0 Å². The summed E-state index contributed by atoms with van der Waals surface area (Å²) in [5, 5.41) is 13.2. The van der Waals surface area contributed by atoms with Crippen molar-refractivity contribution in [1.82, 2.24) is 5.32 Å². The van der Waals surface area contributed by atoms with E-state index in [0.717, 1.165) is 21.4 Å². The third-order valence-corrected chi connectivity index (χ3v) is 4.62. The predicted octanol–water partition coefficient (Wildman–Crippen LogP) is 3.18. The van der Waals surface area contributed by atoms with Crippen molar-refractivity contribution in [3.05, 3.63) is 35.2 Å². The first kappa shape index (κ1) is 14.0. The number of amides is 1. The predicted molar refractivity (Wildman–Crippen MR) is 79.7 cm³/mol. The quantitative estimate of drug-likeness (QED) is 0.882. The maximum Gasteiger partial charge on any atom is 0.261 e. The van der Waals surface area contributed by atoms with Gasteiger partial charge in [-0.05, 0) is 37.3 Å². The van der Waals surface area contributed by atoms with Crippen molar-refractivity contribution < 1.29 is 9.90 Å².